The standard InChI is InChI=1S/C19H23F2N3O3/c1-9(24(5)18(26)27-19(2,3)4)17-22-15-13(20)11-6-10(8-25)7-12(11)14(21)16(15)23-17/h8-10H,6-7H2,1-5H3,(H,22,23)/t9-/m1/s1. The molecule has 1 N–H and O–H groups in total. The summed E-state index contributed by atoms with van der Waals surface area (Å²) < 4.78 is 35.0. The van der Waals surface area contributed by atoms with Crippen LogP contribution in [0.3, 0.4) is 0 Å². The summed E-state index contributed by atoms with van der Waals surface area (Å²) in [6.07, 6.45) is 0.517. The second-order valence-corrected chi connectivity index (χ2v) is 8.00. The van der Waals surface area contributed by atoms with Gasteiger partial charge in [0.25, 0.3) is 0 Å². The van der Waals surface area contributed by atoms with Crippen molar-refractivity contribution in [1.82, 2.24) is 14.9 Å². The van der Waals surface area contributed by atoms with Crippen molar-refractivity contribution in [3.8, 4) is 0 Å². The van der Waals surface area contributed by atoms with Gasteiger partial charge >= 0.3 is 6.09 Å². The monoisotopic (exact) mass is 379 g/mol. The third kappa shape index (κ3) is 3.40. The Hall–Kier alpha value is -2.51. The molecule has 1 amide bonds. The van der Waals surface area contributed by atoms with Crippen LogP contribution in [-0.2, 0) is 22.4 Å². The van der Waals surface area contributed by atoms with E-state index in [-0.39, 0.29) is 40.8 Å². The maximum Gasteiger partial charge on any atom is 0.410 e. The van der Waals surface area contributed by atoms with Gasteiger partial charge in [-0.15, -0.1) is 0 Å². The number of hydrogen-bond acceptors (Lipinski definition) is 4. The van der Waals surface area contributed by atoms with Crippen molar-refractivity contribution in [3.05, 3.63) is 28.6 Å². The highest BCUT2D eigenvalue weighted by Gasteiger charge is 2.32. The highest BCUT2D eigenvalue weighted by atomic mass is 19.1. The lowest BCUT2D eigenvalue weighted by Gasteiger charge is -2.27. The lowest BCUT2D eigenvalue weighted by molar-refractivity contribution is -0.110. The van der Waals surface area contributed by atoms with Crippen molar-refractivity contribution in [2.24, 2.45) is 5.92 Å². The molecule has 1 aromatic heterocycles. The van der Waals surface area contributed by atoms with Gasteiger partial charge in [-0.05, 0) is 51.7 Å². The Balaban J connectivity index is 1.96. The largest absolute Gasteiger partial charge is 0.444 e. The molecule has 2 atom stereocenters. The molecule has 0 aliphatic heterocycles. The molecule has 1 aromatic carbocycles. The van der Waals surface area contributed by atoms with E-state index in [2.05, 4.69) is 9.97 Å². The van der Waals surface area contributed by atoms with E-state index in [4.69, 9.17) is 4.74 Å². The number of nitrogens with zero attached hydrogens (tertiary/aromatic N) is 2. The zero-order valence-electron chi connectivity index (χ0n) is 16.0. The quantitative estimate of drug-likeness (QED) is 0.826. The number of carbonyl (C=O) groups is 2. The molecule has 6 nitrogen and oxygen atoms in total. The molecule has 0 radical (unpaired) electrons. The number of nitrogens with one attached hydrogen (secondary N) is 1. The first-order valence-corrected chi connectivity index (χ1v) is 8.83. The van der Waals surface area contributed by atoms with Crippen molar-refractivity contribution in [3.63, 3.8) is 0 Å². The fourth-order valence-corrected chi connectivity index (χ4v) is 3.26. The number of imidazole rings is 1. The van der Waals surface area contributed by atoms with E-state index in [1.807, 2.05) is 0 Å². The van der Waals surface area contributed by atoms with Crippen molar-refractivity contribution in [2.45, 2.75) is 52.2 Å². The van der Waals surface area contributed by atoms with Gasteiger partial charge in [0.15, 0.2) is 11.6 Å². The smallest absolute Gasteiger partial charge is 0.410 e. The molecule has 0 fully saturated rings. The number of aromatic nitrogens is 2. The number of halogens is 2. The van der Waals surface area contributed by atoms with Gasteiger partial charge in [-0.25, -0.2) is 18.6 Å². The van der Waals surface area contributed by atoms with Crippen molar-refractivity contribution in [2.75, 3.05) is 7.05 Å². The highest BCUT2D eigenvalue weighted by Crippen LogP contribution is 2.36. The average Bonchev–Trinajstić information content (AvgIpc) is 3.21. The molecule has 1 aliphatic rings. The summed E-state index contributed by atoms with van der Waals surface area (Å²) in [4.78, 5) is 31.5. The molecule has 3 rings (SSSR count). The predicted molar refractivity (Wildman–Crippen MR) is 95.4 cm³/mol. The Morgan fingerprint density at radius 1 is 1.30 bits per heavy atom. The Kier molecular flexibility index (Phi) is 4.69. The van der Waals surface area contributed by atoms with Crippen LogP contribution in [0.5, 0.6) is 0 Å². The molecule has 8 heteroatoms. The molecule has 1 unspecified atom stereocenters. The summed E-state index contributed by atoms with van der Waals surface area (Å²) in [5.74, 6) is -1.35. The van der Waals surface area contributed by atoms with E-state index < -0.39 is 35.3 Å². The van der Waals surface area contributed by atoms with Crippen molar-refractivity contribution < 1.29 is 23.1 Å². The molecule has 2 aromatic rings. The molecule has 0 spiro atoms. The fraction of sp³-hybridized carbons (Fsp3) is 0.526. The van der Waals surface area contributed by atoms with Crippen LogP contribution in [0.25, 0.3) is 11.0 Å². The van der Waals surface area contributed by atoms with Crippen LogP contribution in [0.2, 0.25) is 0 Å². The summed E-state index contributed by atoms with van der Waals surface area (Å²) in [6, 6.07) is -0.580. The van der Waals surface area contributed by atoms with Gasteiger partial charge in [-0.2, -0.15) is 0 Å². The summed E-state index contributed by atoms with van der Waals surface area (Å²) in [5.41, 5.74) is -0.384. The van der Waals surface area contributed by atoms with Gasteiger partial charge in [0, 0.05) is 13.0 Å². The van der Waals surface area contributed by atoms with Crippen LogP contribution in [0.1, 0.15) is 50.7 Å². The molecule has 27 heavy (non-hydrogen) atoms. The topological polar surface area (TPSA) is 75.3 Å². The number of aldehydes is 1. The van der Waals surface area contributed by atoms with Gasteiger partial charge in [0.05, 0.1) is 6.04 Å². The van der Waals surface area contributed by atoms with Crippen LogP contribution >= 0.6 is 0 Å². The SMILES string of the molecule is C[C@H](c1nc2c(F)c3c(c(F)c2[nH]1)CC(C=O)C3)N(C)C(=O)OC(C)(C)C. The fourth-order valence-electron chi connectivity index (χ4n) is 3.26. The van der Waals surface area contributed by atoms with Gasteiger partial charge < -0.3 is 19.4 Å². The zero-order valence-corrected chi connectivity index (χ0v) is 16.0. The van der Waals surface area contributed by atoms with Gasteiger partial charge in [-0.3, -0.25) is 0 Å². The number of amides is 1. The molecule has 0 bridgehead atoms. The molecule has 1 aliphatic carbocycles. The Morgan fingerprint density at radius 3 is 2.44 bits per heavy atom. The second-order valence-electron chi connectivity index (χ2n) is 8.00. The summed E-state index contributed by atoms with van der Waals surface area (Å²) in [6.45, 7) is 6.95. The first kappa shape index (κ1) is 19.3. The van der Waals surface area contributed by atoms with Crippen LogP contribution in [0.4, 0.5) is 13.6 Å². The van der Waals surface area contributed by atoms with Crippen LogP contribution < -0.4 is 0 Å². The average molecular weight is 379 g/mol. The summed E-state index contributed by atoms with van der Waals surface area (Å²) >= 11 is 0. The van der Waals surface area contributed by atoms with Crippen molar-refractivity contribution >= 4 is 23.4 Å². The first-order chi connectivity index (χ1) is 12.5. The maximum atomic E-state index is 14.9. The van der Waals surface area contributed by atoms with Crippen LogP contribution in [0.15, 0.2) is 0 Å². The number of aromatic amines is 1. The van der Waals surface area contributed by atoms with Gasteiger partial charge in [-0.1, -0.05) is 0 Å². The van der Waals surface area contributed by atoms with E-state index >= 15 is 0 Å². The lowest BCUT2D eigenvalue weighted by atomic mass is 10.1. The molecule has 0 saturated heterocycles. The third-order valence-electron chi connectivity index (χ3n) is 4.83. The molecule has 0 saturated carbocycles. The zero-order chi connectivity index (χ0) is 20.1. The molecular formula is C19H23F2N3O3. The number of hydrogen-bond donors (Lipinski definition) is 1. The Labute approximate surface area is 155 Å². The Morgan fingerprint density at radius 2 is 1.89 bits per heavy atom. The maximum absolute atomic E-state index is 14.9. The number of benzene rings is 1. The third-order valence-corrected chi connectivity index (χ3v) is 4.83. The predicted octanol–water partition coefficient (Wildman–Crippen LogP) is 3.68. The minimum Gasteiger partial charge on any atom is -0.444 e. The second kappa shape index (κ2) is 6.58. The van der Waals surface area contributed by atoms with Crippen LogP contribution in [0, 0.1) is 17.6 Å². The molecule has 146 valence electrons. The van der Waals surface area contributed by atoms with E-state index in [1.54, 1.807) is 27.7 Å². The minimum atomic E-state index is -0.660. The number of H-pyrrole nitrogens is 1. The molecular weight excluding hydrogens is 356 g/mol. The first-order valence-electron chi connectivity index (χ1n) is 8.83. The number of carbonyl (C=O) groups excluding carboxylic acids is 2. The summed E-state index contributed by atoms with van der Waals surface area (Å²) in [7, 11) is 1.54. The summed E-state index contributed by atoms with van der Waals surface area (Å²) in [5, 5.41) is 0. The van der Waals surface area contributed by atoms with Gasteiger partial charge in [0.2, 0.25) is 0 Å². The number of rotatable bonds is 3. The van der Waals surface area contributed by atoms with E-state index in [0.717, 1.165) is 6.29 Å². The number of ether oxygens (including phenoxy) is 1. The van der Waals surface area contributed by atoms with E-state index in [9.17, 15) is 18.4 Å². The van der Waals surface area contributed by atoms with E-state index in [1.165, 1.54) is 11.9 Å². The Bertz CT molecular complexity index is 868. The minimum absolute atomic E-state index is 0.0442. The van der Waals surface area contributed by atoms with Crippen molar-refractivity contribution in [1.29, 1.82) is 0 Å². The normalized spacial score (nSPS) is 15.7. The lowest BCUT2D eigenvalue weighted by Crippen LogP contribution is -2.36. The highest BCUT2D eigenvalue weighted by molar-refractivity contribution is 5.80. The van der Waals surface area contributed by atoms with Gasteiger partial charge in [0.1, 0.15) is 28.7 Å². The number of fused-ring (bicyclic) bond motifs is 2. The molecule has 1 heterocycles. The van der Waals surface area contributed by atoms with E-state index in [0.29, 0.717) is 0 Å². The van der Waals surface area contributed by atoms with Crippen LogP contribution in [-0.4, -0.2) is 39.9 Å².